The molecule has 7 heteroatoms. The van der Waals surface area contributed by atoms with Crippen molar-refractivity contribution in [2.24, 2.45) is 0 Å². The van der Waals surface area contributed by atoms with Crippen LogP contribution in [0, 0.1) is 0 Å². The average molecular weight is 441 g/mol. The lowest BCUT2D eigenvalue weighted by Crippen LogP contribution is -2.41. The molecule has 0 unspecified atom stereocenters. The Morgan fingerprint density at radius 1 is 1.06 bits per heavy atom. The molecule has 3 aromatic rings. The second kappa shape index (κ2) is 9.68. The maximum Gasteiger partial charge on any atom is 0.211 e. The fourth-order valence-corrected chi connectivity index (χ4v) is 5.06. The Hall–Kier alpha value is -2.61. The molecule has 4 rings (SSSR count). The second-order valence-electron chi connectivity index (χ2n) is 7.79. The van der Waals surface area contributed by atoms with E-state index in [0.29, 0.717) is 6.42 Å². The third-order valence-corrected chi connectivity index (χ3v) is 7.14. The van der Waals surface area contributed by atoms with Crippen molar-refractivity contribution < 1.29 is 17.6 Å². The van der Waals surface area contributed by atoms with Crippen LogP contribution in [0.15, 0.2) is 71.3 Å². The maximum absolute atomic E-state index is 12.7. The summed E-state index contributed by atoms with van der Waals surface area (Å²) in [5, 5.41) is 0. The summed E-state index contributed by atoms with van der Waals surface area (Å²) in [6.45, 7) is 1.91. The van der Waals surface area contributed by atoms with E-state index in [4.69, 9.17) is 9.15 Å². The smallest absolute Gasteiger partial charge is 0.211 e. The molecule has 0 radical (unpaired) electrons. The van der Waals surface area contributed by atoms with E-state index in [-0.39, 0.29) is 18.3 Å². The Kier molecular flexibility index (Phi) is 6.75. The van der Waals surface area contributed by atoms with Gasteiger partial charge in [-0.25, -0.2) is 13.1 Å². The van der Waals surface area contributed by atoms with E-state index >= 15 is 0 Å². The molecule has 0 aliphatic carbocycles. The number of rotatable bonds is 9. The molecular formula is C24H28N2O4S. The lowest BCUT2D eigenvalue weighted by Gasteiger charge is -2.34. The van der Waals surface area contributed by atoms with E-state index in [9.17, 15) is 8.42 Å². The highest BCUT2D eigenvalue weighted by atomic mass is 32.2. The monoisotopic (exact) mass is 440 g/mol. The molecule has 1 atom stereocenters. The van der Waals surface area contributed by atoms with Gasteiger partial charge in [-0.1, -0.05) is 36.4 Å². The molecule has 1 aromatic heterocycles. The van der Waals surface area contributed by atoms with E-state index in [0.717, 1.165) is 36.6 Å². The molecule has 0 saturated heterocycles. The first-order valence-corrected chi connectivity index (χ1v) is 12.1. The van der Waals surface area contributed by atoms with E-state index in [1.165, 1.54) is 11.1 Å². The van der Waals surface area contributed by atoms with Gasteiger partial charge < -0.3 is 9.15 Å². The standard InChI is InChI=1S/C24H28N2O4S/c1-29-22-10-8-19(9-11-22)13-16-31(27,28)25-17-23(24-7-4-15-30-24)26-14-12-20-5-2-3-6-21(20)18-26/h2-11,15,23,25H,12-14,16-18H2,1H3/t23-/m0/s1. The van der Waals surface area contributed by atoms with Crippen LogP contribution in [-0.4, -0.2) is 39.3 Å². The van der Waals surface area contributed by atoms with Crippen LogP contribution in [0.3, 0.4) is 0 Å². The molecule has 2 heterocycles. The van der Waals surface area contributed by atoms with Crippen molar-refractivity contribution in [2.75, 3.05) is 26.0 Å². The van der Waals surface area contributed by atoms with Gasteiger partial charge in [0.15, 0.2) is 0 Å². The number of nitrogens with one attached hydrogen (secondary N) is 1. The molecular weight excluding hydrogens is 412 g/mol. The van der Waals surface area contributed by atoms with Gasteiger partial charge in [-0.15, -0.1) is 0 Å². The zero-order valence-corrected chi connectivity index (χ0v) is 18.5. The summed E-state index contributed by atoms with van der Waals surface area (Å²) >= 11 is 0. The number of sulfonamides is 1. The van der Waals surface area contributed by atoms with Crippen LogP contribution in [0.5, 0.6) is 5.75 Å². The van der Waals surface area contributed by atoms with E-state index in [2.05, 4.69) is 27.8 Å². The first-order chi connectivity index (χ1) is 15.0. The predicted octanol–water partition coefficient (Wildman–Crippen LogP) is 3.55. The summed E-state index contributed by atoms with van der Waals surface area (Å²) in [6, 6.07) is 19.5. The number of hydrogen-bond acceptors (Lipinski definition) is 5. The Labute approximate surface area is 183 Å². The number of methoxy groups -OCH3 is 1. The molecule has 31 heavy (non-hydrogen) atoms. The minimum absolute atomic E-state index is 0.0348. The van der Waals surface area contributed by atoms with Crippen LogP contribution in [0.25, 0.3) is 0 Å². The molecule has 1 N–H and O–H groups in total. The maximum atomic E-state index is 12.7. The number of hydrogen-bond donors (Lipinski definition) is 1. The number of benzene rings is 2. The van der Waals surface area contributed by atoms with E-state index in [1.54, 1.807) is 13.4 Å². The minimum atomic E-state index is -3.43. The SMILES string of the molecule is COc1ccc(CCS(=O)(=O)NC[C@@H](c2ccco2)N2CCc3ccccc3C2)cc1. The third kappa shape index (κ3) is 5.55. The zero-order valence-electron chi connectivity index (χ0n) is 17.7. The number of nitrogens with zero attached hydrogens (tertiary/aromatic N) is 1. The Bertz CT molecular complexity index is 1080. The topological polar surface area (TPSA) is 71.8 Å². The van der Waals surface area contributed by atoms with Gasteiger partial charge in [-0.3, -0.25) is 4.90 Å². The first kappa shape index (κ1) is 21.6. The fourth-order valence-electron chi connectivity index (χ4n) is 4.00. The van der Waals surface area contributed by atoms with Gasteiger partial charge >= 0.3 is 0 Å². The summed E-state index contributed by atoms with van der Waals surface area (Å²) in [5.74, 6) is 1.57. The van der Waals surface area contributed by atoms with Crippen LogP contribution >= 0.6 is 0 Å². The summed E-state index contributed by atoms with van der Waals surface area (Å²) in [7, 11) is -1.82. The van der Waals surface area contributed by atoms with Gasteiger partial charge in [0.25, 0.3) is 0 Å². The highest BCUT2D eigenvalue weighted by Crippen LogP contribution is 2.28. The summed E-state index contributed by atoms with van der Waals surface area (Å²) in [6.07, 6.45) is 3.03. The van der Waals surface area contributed by atoms with Gasteiger partial charge in [0.1, 0.15) is 11.5 Å². The van der Waals surface area contributed by atoms with Gasteiger partial charge in [-0.05, 0) is 53.8 Å². The van der Waals surface area contributed by atoms with Crippen LogP contribution < -0.4 is 9.46 Å². The van der Waals surface area contributed by atoms with Crippen molar-refractivity contribution in [1.29, 1.82) is 0 Å². The highest BCUT2D eigenvalue weighted by Gasteiger charge is 2.27. The number of furan rings is 1. The largest absolute Gasteiger partial charge is 0.497 e. The van der Waals surface area contributed by atoms with Crippen molar-refractivity contribution in [3.63, 3.8) is 0 Å². The molecule has 1 aliphatic heterocycles. The van der Waals surface area contributed by atoms with Gasteiger partial charge in [0, 0.05) is 19.6 Å². The second-order valence-corrected chi connectivity index (χ2v) is 9.71. The van der Waals surface area contributed by atoms with E-state index in [1.807, 2.05) is 42.5 Å². The van der Waals surface area contributed by atoms with Crippen molar-refractivity contribution >= 4 is 10.0 Å². The molecule has 0 fully saturated rings. The number of aryl methyl sites for hydroxylation is 1. The minimum Gasteiger partial charge on any atom is -0.497 e. The predicted molar refractivity (Wildman–Crippen MR) is 120 cm³/mol. The first-order valence-electron chi connectivity index (χ1n) is 10.5. The van der Waals surface area contributed by atoms with Crippen molar-refractivity contribution in [3.8, 4) is 5.75 Å². The van der Waals surface area contributed by atoms with Crippen LogP contribution in [-0.2, 0) is 29.4 Å². The van der Waals surface area contributed by atoms with Crippen molar-refractivity contribution in [2.45, 2.75) is 25.4 Å². The lowest BCUT2D eigenvalue weighted by atomic mass is 9.98. The summed E-state index contributed by atoms with van der Waals surface area (Å²) < 4.78 is 39.0. The fraction of sp³-hybridized carbons (Fsp3) is 0.333. The molecule has 6 nitrogen and oxygen atoms in total. The normalized spacial score (nSPS) is 15.4. The van der Waals surface area contributed by atoms with Crippen molar-refractivity contribution in [3.05, 3.63) is 89.4 Å². The summed E-state index contributed by atoms with van der Waals surface area (Å²) in [4.78, 5) is 2.28. The molecule has 1 aliphatic rings. The van der Waals surface area contributed by atoms with Gasteiger partial charge in [0.2, 0.25) is 10.0 Å². The average Bonchev–Trinajstić information content (AvgIpc) is 3.33. The summed E-state index contributed by atoms with van der Waals surface area (Å²) in [5.41, 5.74) is 3.60. The quantitative estimate of drug-likeness (QED) is 0.551. The Morgan fingerprint density at radius 3 is 2.55 bits per heavy atom. The zero-order chi connectivity index (χ0) is 21.7. The molecule has 0 bridgehead atoms. The Morgan fingerprint density at radius 2 is 1.84 bits per heavy atom. The van der Waals surface area contributed by atoms with Crippen LogP contribution in [0.2, 0.25) is 0 Å². The van der Waals surface area contributed by atoms with Gasteiger partial charge in [-0.2, -0.15) is 0 Å². The van der Waals surface area contributed by atoms with Crippen molar-refractivity contribution in [1.82, 2.24) is 9.62 Å². The highest BCUT2D eigenvalue weighted by molar-refractivity contribution is 7.89. The third-order valence-electron chi connectivity index (χ3n) is 5.79. The number of fused-ring (bicyclic) bond motifs is 1. The van der Waals surface area contributed by atoms with Crippen LogP contribution in [0.4, 0.5) is 0 Å². The van der Waals surface area contributed by atoms with Gasteiger partial charge in [0.05, 0.1) is 25.2 Å². The van der Waals surface area contributed by atoms with E-state index < -0.39 is 10.0 Å². The Balaban J connectivity index is 1.40. The molecule has 164 valence electrons. The molecule has 2 aromatic carbocycles. The molecule has 0 spiro atoms. The molecule has 0 amide bonds. The molecule has 0 saturated carbocycles. The lowest BCUT2D eigenvalue weighted by molar-refractivity contribution is 0.160. The number of ether oxygens (including phenoxy) is 1. The van der Waals surface area contributed by atoms with Crippen LogP contribution in [0.1, 0.15) is 28.5 Å².